The fraction of sp³-hybridized carbons (Fsp3) is 0. The molecule has 0 aliphatic carbocycles. The minimum Gasteiger partial charge on any atom is -0.273 e. The van der Waals surface area contributed by atoms with Crippen molar-refractivity contribution in [2.24, 2.45) is 0 Å². The number of para-hydroxylation sites is 1. The Labute approximate surface area is 239 Å². The molecule has 3 nitrogen and oxygen atoms in total. The lowest BCUT2D eigenvalue weighted by Crippen LogP contribution is -2.37. The zero-order chi connectivity index (χ0) is 26.7. The molecule has 6 rings (SSSR count). The Morgan fingerprint density at radius 1 is 0.385 bits per heavy atom. The number of benzene rings is 5. The maximum Gasteiger partial charge on any atom is 0.178 e. The predicted molar refractivity (Wildman–Crippen MR) is 174 cm³/mol. The SMILES string of the molecule is S=P(c1ccccc1)(c1ccccc1)c1nnc(P(=S)(c2ccccc2)c2ccccc2)n1-c1ccccc1. The van der Waals surface area contributed by atoms with Crippen molar-refractivity contribution in [2.45, 2.75) is 0 Å². The molecule has 0 spiro atoms. The highest BCUT2D eigenvalue weighted by Crippen LogP contribution is 2.46. The van der Waals surface area contributed by atoms with Gasteiger partial charge < -0.3 is 0 Å². The first-order chi connectivity index (χ1) is 19.1. The summed E-state index contributed by atoms with van der Waals surface area (Å²) in [4.78, 5) is 0. The molecule has 0 saturated heterocycles. The highest BCUT2D eigenvalue weighted by Gasteiger charge is 2.37. The standard InChI is InChI=1S/C32H25N3P2S2/c38-36(27-18-8-2-9-19-27,28-20-10-3-11-21-28)31-33-34-32(35(31)26-16-6-1-7-17-26)37(39,29-22-12-4-13-23-29)30-24-14-5-15-25-30/h1-25H. The Hall–Kier alpha value is -3.46. The van der Waals surface area contributed by atoms with Gasteiger partial charge in [0.25, 0.3) is 0 Å². The molecule has 6 aromatic rings. The molecule has 39 heavy (non-hydrogen) atoms. The Kier molecular flexibility index (Phi) is 7.25. The van der Waals surface area contributed by atoms with E-state index in [4.69, 9.17) is 33.8 Å². The van der Waals surface area contributed by atoms with Crippen molar-refractivity contribution in [2.75, 3.05) is 0 Å². The first-order valence-corrected chi connectivity index (χ1v) is 18.2. The molecule has 0 amide bonds. The van der Waals surface area contributed by atoms with Gasteiger partial charge in [-0.3, -0.25) is 4.57 Å². The topological polar surface area (TPSA) is 30.7 Å². The predicted octanol–water partition coefficient (Wildman–Crippen LogP) is 4.78. The molecule has 5 aromatic carbocycles. The molecule has 7 heteroatoms. The fourth-order valence-corrected chi connectivity index (χ4v) is 12.3. The summed E-state index contributed by atoms with van der Waals surface area (Å²) in [6, 6.07) is 46.4. The summed E-state index contributed by atoms with van der Waals surface area (Å²) in [5.41, 5.74) is 2.48. The van der Waals surface area contributed by atoms with Gasteiger partial charge in [-0.25, -0.2) is 0 Å². The zero-order valence-corrected chi connectivity index (χ0v) is 24.4. The van der Waals surface area contributed by atoms with Gasteiger partial charge in [-0.15, -0.1) is 10.2 Å². The Morgan fingerprint density at radius 2 is 0.641 bits per heavy atom. The van der Waals surface area contributed by atoms with Crippen LogP contribution >= 0.6 is 12.1 Å². The van der Waals surface area contributed by atoms with Crippen LogP contribution < -0.4 is 32.3 Å². The Balaban J connectivity index is 1.73. The molecule has 0 saturated carbocycles. The van der Waals surface area contributed by atoms with Crippen molar-refractivity contribution < 1.29 is 0 Å². The van der Waals surface area contributed by atoms with Gasteiger partial charge in [0.2, 0.25) is 0 Å². The summed E-state index contributed by atoms with van der Waals surface area (Å²) in [6.07, 6.45) is 0. The monoisotopic (exact) mass is 577 g/mol. The average Bonchev–Trinajstić information content (AvgIpc) is 3.49. The van der Waals surface area contributed by atoms with Gasteiger partial charge in [0.1, 0.15) is 0 Å². The normalized spacial score (nSPS) is 11.8. The summed E-state index contributed by atoms with van der Waals surface area (Å²) < 4.78 is 2.17. The van der Waals surface area contributed by atoms with Crippen LogP contribution in [-0.4, -0.2) is 14.8 Å². The second-order valence-corrected chi connectivity index (χ2v) is 17.6. The zero-order valence-electron chi connectivity index (χ0n) is 21.0. The largest absolute Gasteiger partial charge is 0.273 e. The van der Waals surface area contributed by atoms with Crippen LogP contribution in [0.4, 0.5) is 0 Å². The van der Waals surface area contributed by atoms with Gasteiger partial charge in [0.15, 0.2) is 11.1 Å². The van der Waals surface area contributed by atoms with Crippen molar-refractivity contribution in [3.8, 4) is 5.69 Å². The molecule has 1 aromatic heterocycles. The van der Waals surface area contributed by atoms with Gasteiger partial charge in [0.05, 0.1) is 12.1 Å². The van der Waals surface area contributed by atoms with E-state index in [2.05, 4.69) is 65.2 Å². The first-order valence-electron chi connectivity index (χ1n) is 12.6. The van der Waals surface area contributed by atoms with Gasteiger partial charge in [-0.05, 0) is 33.4 Å². The number of aromatic nitrogens is 3. The summed E-state index contributed by atoms with van der Waals surface area (Å²) in [6.45, 7) is 0. The van der Waals surface area contributed by atoms with Crippen LogP contribution in [0, 0.1) is 0 Å². The van der Waals surface area contributed by atoms with Gasteiger partial charge >= 0.3 is 0 Å². The maximum atomic E-state index is 6.72. The lowest BCUT2D eigenvalue weighted by atomic mass is 10.3. The van der Waals surface area contributed by atoms with E-state index >= 15 is 0 Å². The highest BCUT2D eigenvalue weighted by molar-refractivity contribution is 8.26. The highest BCUT2D eigenvalue weighted by atomic mass is 32.4. The van der Waals surface area contributed by atoms with Crippen LogP contribution in [0.2, 0.25) is 0 Å². The van der Waals surface area contributed by atoms with Crippen LogP contribution in [-0.2, 0) is 23.6 Å². The molecular weight excluding hydrogens is 552 g/mol. The van der Waals surface area contributed by atoms with Crippen LogP contribution in [0.1, 0.15) is 0 Å². The van der Waals surface area contributed by atoms with E-state index in [9.17, 15) is 0 Å². The van der Waals surface area contributed by atoms with E-state index in [0.29, 0.717) is 0 Å². The Bertz CT molecular complexity index is 1590. The molecule has 0 radical (unpaired) electrons. The van der Waals surface area contributed by atoms with Gasteiger partial charge in [-0.2, -0.15) is 0 Å². The third-order valence-electron chi connectivity index (χ3n) is 6.69. The van der Waals surface area contributed by atoms with Gasteiger partial charge in [0, 0.05) is 5.69 Å². The van der Waals surface area contributed by atoms with Crippen LogP contribution in [0.15, 0.2) is 152 Å². The van der Waals surface area contributed by atoms with Crippen molar-refractivity contribution in [1.82, 2.24) is 14.8 Å². The van der Waals surface area contributed by atoms with E-state index < -0.39 is 12.1 Å². The van der Waals surface area contributed by atoms with Crippen molar-refractivity contribution in [3.05, 3.63) is 152 Å². The average molecular weight is 578 g/mol. The first kappa shape index (κ1) is 25.8. The van der Waals surface area contributed by atoms with E-state index in [0.717, 1.165) is 38.0 Å². The van der Waals surface area contributed by atoms with Crippen LogP contribution in [0.5, 0.6) is 0 Å². The molecule has 0 fully saturated rings. The van der Waals surface area contributed by atoms with E-state index in [1.165, 1.54) is 0 Å². The number of hydrogen-bond acceptors (Lipinski definition) is 4. The Morgan fingerprint density at radius 3 is 0.923 bits per heavy atom. The van der Waals surface area contributed by atoms with Crippen LogP contribution in [0.3, 0.4) is 0 Å². The van der Waals surface area contributed by atoms with E-state index in [-0.39, 0.29) is 0 Å². The third-order valence-corrected chi connectivity index (χ3v) is 16.0. The molecule has 0 aliphatic heterocycles. The minimum absolute atomic E-state index is 0.761. The maximum absolute atomic E-state index is 6.72. The smallest absolute Gasteiger partial charge is 0.178 e. The molecular formula is C32H25N3P2S2. The summed E-state index contributed by atoms with van der Waals surface area (Å²) in [5.74, 6) is 0. The van der Waals surface area contributed by atoms with Crippen molar-refractivity contribution in [1.29, 1.82) is 0 Å². The van der Waals surface area contributed by atoms with E-state index in [1.807, 2.05) is 91.0 Å². The fourth-order valence-electron chi connectivity index (χ4n) is 4.80. The third kappa shape index (κ3) is 4.56. The van der Waals surface area contributed by atoms with Crippen molar-refractivity contribution in [3.63, 3.8) is 0 Å². The quantitative estimate of drug-likeness (QED) is 0.256. The summed E-state index contributed by atoms with van der Waals surface area (Å²) in [7, 11) is 0. The molecule has 0 atom stereocenters. The summed E-state index contributed by atoms with van der Waals surface area (Å²) in [5, 5.41) is 14.2. The van der Waals surface area contributed by atoms with E-state index in [1.54, 1.807) is 0 Å². The molecule has 0 aliphatic rings. The molecule has 0 unspecified atom stereocenters. The lowest BCUT2D eigenvalue weighted by molar-refractivity contribution is 1.14. The molecule has 1 heterocycles. The number of hydrogen-bond donors (Lipinski definition) is 0. The van der Waals surface area contributed by atoms with Crippen molar-refractivity contribution >= 4 is 68.0 Å². The van der Waals surface area contributed by atoms with Crippen LogP contribution in [0.25, 0.3) is 5.69 Å². The second kappa shape index (κ2) is 11.0. The number of rotatable bonds is 7. The minimum atomic E-state index is -2.62. The van der Waals surface area contributed by atoms with Gasteiger partial charge in [-0.1, -0.05) is 163 Å². The summed E-state index contributed by atoms with van der Waals surface area (Å²) >= 11 is 13.4. The lowest BCUT2D eigenvalue weighted by Gasteiger charge is -2.27. The number of nitrogens with zero attached hydrogens (tertiary/aromatic N) is 3. The molecule has 190 valence electrons. The second-order valence-electron chi connectivity index (χ2n) is 9.03. The molecule has 0 bridgehead atoms. The molecule has 0 N–H and O–H groups in total.